The predicted molar refractivity (Wildman–Crippen MR) is 73.2 cm³/mol. The van der Waals surface area contributed by atoms with Crippen molar-refractivity contribution >= 4 is 18.0 Å². The Morgan fingerprint density at radius 1 is 1.29 bits per heavy atom. The number of anilines is 1. The van der Waals surface area contributed by atoms with E-state index in [2.05, 4.69) is 11.6 Å². The van der Waals surface area contributed by atoms with Crippen molar-refractivity contribution in [3.8, 4) is 11.3 Å². The monoisotopic (exact) mass is 225 g/mol. The molecule has 0 saturated heterocycles. The Bertz CT molecular complexity index is 547. The standard InChI is InChI=1S/C14H15N3/c1-3-9-17-10-13(16-14(17)4-2)11-5-7-12(15)8-6-11/h3-10H,2,15H2,1H3/b9-3-. The van der Waals surface area contributed by atoms with Crippen LogP contribution < -0.4 is 5.73 Å². The number of allylic oxidation sites excluding steroid dienone is 1. The lowest BCUT2D eigenvalue weighted by atomic mass is 10.1. The van der Waals surface area contributed by atoms with Crippen LogP contribution in [0.3, 0.4) is 0 Å². The zero-order valence-corrected chi connectivity index (χ0v) is 9.80. The summed E-state index contributed by atoms with van der Waals surface area (Å²) in [6.45, 7) is 5.73. The Kier molecular flexibility index (Phi) is 3.10. The van der Waals surface area contributed by atoms with Crippen molar-refractivity contribution in [2.75, 3.05) is 5.73 Å². The van der Waals surface area contributed by atoms with E-state index in [1.54, 1.807) is 6.08 Å². The van der Waals surface area contributed by atoms with E-state index in [9.17, 15) is 0 Å². The molecule has 0 aliphatic heterocycles. The van der Waals surface area contributed by atoms with Crippen LogP contribution in [0.1, 0.15) is 12.7 Å². The zero-order chi connectivity index (χ0) is 12.3. The van der Waals surface area contributed by atoms with Crippen molar-refractivity contribution in [2.45, 2.75) is 6.92 Å². The van der Waals surface area contributed by atoms with Crippen LogP contribution in [-0.2, 0) is 0 Å². The third kappa shape index (κ3) is 2.28. The lowest BCUT2D eigenvalue weighted by Gasteiger charge is -1.96. The van der Waals surface area contributed by atoms with Crippen molar-refractivity contribution in [2.24, 2.45) is 0 Å². The first-order valence-corrected chi connectivity index (χ1v) is 5.44. The maximum atomic E-state index is 5.66. The van der Waals surface area contributed by atoms with Crippen molar-refractivity contribution < 1.29 is 0 Å². The Labute approximate surface area is 101 Å². The number of hydrogen-bond donors (Lipinski definition) is 1. The largest absolute Gasteiger partial charge is 0.399 e. The molecule has 1 aromatic heterocycles. The highest BCUT2D eigenvalue weighted by atomic mass is 15.1. The molecule has 1 heterocycles. The number of hydrogen-bond acceptors (Lipinski definition) is 2. The van der Waals surface area contributed by atoms with E-state index in [1.165, 1.54) is 0 Å². The second kappa shape index (κ2) is 4.70. The van der Waals surface area contributed by atoms with Gasteiger partial charge in [-0.1, -0.05) is 24.8 Å². The van der Waals surface area contributed by atoms with Gasteiger partial charge in [0.15, 0.2) is 0 Å². The number of aromatic nitrogens is 2. The quantitative estimate of drug-likeness (QED) is 0.815. The summed E-state index contributed by atoms with van der Waals surface area (Å²) in [7, 11) is 0. The van der Waals surface area contributed by atoms with E-state index in [0.29, 0.717) is 0 Å². The molecule has 2 aromatic rings. The summed E-state index contributed by atoms with van der Waals surface area (Å²) in [6.07, 6.45) is 7.62. The van der Waals surface area contributed by atoms with E-state index < -0.39 is 0 Å². The van der Waals surface area contributed by atoms with Crippen LogP contribution in [-0.4, -0.2) is 9.55 Å². The molecule has 0 bridgehead atoms. The number of nitrogens with two attached hydrogens (primary N) is 1. The first kappa shape index (κ1) is 11.2. The molecule has 0 atom stereocenters. The first-order valence-electron chi connectivity index (χ1n) is 5.44. The van der Waals surface area contributed by atoms with E-state index in [4.69, 9.17) is 5.73 Å². The number of imidazole rings is 1. The van der Waals surface area contributed by atoms with Gasteiger partial charge in [-0.2, -0.15) is 0 Å². The molecule has 86 valence electrons. The summed E-state index contributed by atoms with van der Waals surface area (Å²) in [4.78, 5) is 4.50. The van der Waals surface area contributed by atoms with Gasteiger partial charge in [0.25, 0.3) is 0 Å². The van der Waals surface area contributed by atoms with Crippen LogP contribution in [0.2, 0.25) is 0 Å². The minimum atomic E-state index is 0.755. The molecule has 0 radical (unpaired) electrons. The normalized spacial score (nSPS) is 10.9. The van der Waals surface area contributed by atoms with Crippen molar-refractivity contribution in [1.29, 1.82) is 0 Å². The lowest BCUT2D eigenvalue weighted by molar-refractivity contribution is 1.10. The lowest BCUT2D eigenvalue weighted by Crippen LogP contribution is -1.86. The van der Waals surface area contributed by atoms with Crippen molar-refractivity contribution in [3.63, 3.8) is 0 Å². The summed E-state index contributed by atoms with van der Waals surface area (Å²) in [5, 5.41) is 0. The molecule has 0 aliphatic carbocycles. The number of nitrogens with zero attached hydrogens (tertiary/aromatic N) is 2. The van der Waals surface area contributed by atoms with Crippen molar-refractivity contribution in [3.05, 3.63) is 48.9 Å². The fourth-order valence-electron chi connectivity index (χ4n) is 1.63. The second-order valence-electron chi connectivity index (χ2n) is 3.70. The van der Waals surface area contributed by atoms with Gasteiger partial charge in [-0.25, -0.2) is 4.98 Å². The van der Waals surface area contributed by atoms with E-state index in [-0.39, 0.29) is 0 Å². The van der Waals surface area contributed by atoms with Crippen LogP contribution in [0.4, 0.5) is 5.69 Å². The van der Waals surface area contributed by atoms with Gasteiger partial charge < -0.3 is 10.3 Å². The highest BCUT2D eigenvalue weighted by Gasteiger charge is 2.05. The van der Waals surface area contributed by atoms with E-state index in [0.717, 1.165) is 22.8 Å². The van der Waals surface area contributed by atoms with Gasteiger partial charge in [0.05, 0.1) is 5.69 Å². The van der Waals surface area contributed by atoms with Crippen LogP contribution in [0, 0.1) is 0 Å². The molecule has 17 heavy (non-hydrogen) atoms. The van der Waals surface area contributed by atoms with Gasteiger partial charge in [0, 0.05) is 23.6 Å². The molecule has 0 amide bonds. The molecule has 0 saturated carbocycles. The number of nitrogen functional groups attached to an aromatic ring is 1. The fraction of sp³-hybridized carbons (Fsp3) is 0.0714. The zero-order valence-electron chi connectivity index (χ0n) is 9.80. The SMILES string of the molecule is C=Cc1nc(-c2ccc(N)cc2)cn1/C=C\C. The van der Waals surface area contributed by atoms with E-state index in [1.807, 2.05) is 54.2 Å². The highest BCUT2D eigenvalue weighted by Crippen LogP contribution is 2.20. The topological polar surface area (TPSA) is 43.8 Å². The third-order valence-electron chi connectivity index (χ3n) is 2.46. The minimum Gasteiger partial charge on any atom is -0.399 e. The Balaban J connectivity index is 2.46. The second-order valence-corrected chi connectivity index (χ2v) is 3.70. The van der Waals surface area contributed by atoms with Gasteiger partial charge >= 0.3 is 0 Å². The molecule has 3 nitrogen and oxygen atoms in total. The first-order chi connectivity index (χ1) is 8.24. The summed E-state index contributed by atoms with van der Waals surface area (Å²) in [6, 6.07) is 7.67. The van der Waals surface area contributed by atoms with Crippen LogP contribution in [0.15, 0.2) is 43.1 Å². The summed E-state index contributed by atoms with van der Waals surface area (Å²) < 4.78 is 1.94. The Hall–Kier alpha value is -2.29. The third-order valence-corrected chi connectivity index (χ3v) is 2.46. The average Bonchev–Trinajstić information content (AvgIpc) is 2.74. The van der Waals surface area contributed by atoms with E-state index >= 15 is 0 Å². The van der Waals surface area contributed by atoms with Gasteiger partial charge in [0.2, 0.25) is 0 Å². The molecule has 3 heteroatoms. The molecule has 0 aliphatic rings. The van der Waals surface area contributed by atoms with Gasteiger partial charge in [-0.3, -0.25) is 0 Å². The molecule has 2 N–H and O–H groups in total. The molecule has 0 unspecified atom stereocenters. The fourth-order valence-corrected chi connectivity index (χ4v) is 1.63. The molecule has 0 spiro atoms. The summed E-state index contributed by atoms with van der Waals surface area (Å²) in [5.74, 6) is 0.829. The molecular weight excluding hydrogens is 210 g/mol. The predicted octanol–water partition coefficient (Wildman–Crippen LogP) is 3.27. The van der Waals surface area contributed by atoms with Crippen LogP contribution in [0.5, 0.6) is 0 Å². The molecule has 1 aromatic carbocycles. The van der Waals surface area contributed by atoms with Gasteiger partial charge in [-0.05, 0) is 25.1 Å². The summed E-state index contributed by atoms with van der Waals surface area (Å²) >= 11 is 0. The van der Waals surface area contributed by atoms with Gasteiger partial charge in [0.1, 0.15) is 5.82 Å². The van der Waals surface area contributed by atoms with Gasteiger partial charge in [-0.15, -0.1) is 0 Å². The smallest absolute Gasteiger partial charge is 0.136 e. The molecule has 0 fully saturated rings. The molecule has 2 rings (SSSR count). The maximum Gasteiger partial charge on any atom is 0.136 e. The maximum absolute atomic E-state index is 5.66. The van der Waals surface area contributed by atoms with Crippen LogP contribution >= 0.6 is 0 Å². The highest BCUT2D eigenvalue weighted by molar-refractivity contribution is 5.64. The minimum absolute atomic E-state index is 0.755. The van der Waals surface area contributed by atoms with Crippen molar-refractivity contribution in [1.82, 2.24) is 9.55 Å². The number of benzene rings is 1. The molecular formula is C14H15N3. The van der Waals surface area contributed by atoms with Crippen LogP contribution in [0.25, 0.3) is 23.5 Å². The Morgan fingerprint density at radius 2 is 2.00 bits per heavy atom. The Morgan fingerprint density at radius 3 is 2.59 bits per heavy atom. The average molecular weight is 225 g/mol. The summed E-state index contributed by atoms with van der Waals surface area (Å²) in [5.41, 5.74) is 8.38. The number of rotatable bonds is 3.